The summed E-state index contributed by atoms with van der Waals surface area (Å²) < 4.78 is 10.3. The molecule has 2 aromatic rings. The van der Waals surface area contributed by atoms with Crippen molar-refractivity contribution in [3.05, 3.63) is 30.7 Å². The highest BCUT2D eigenvalue weighted by Crippen LogP contribution is 2.24. The molecule has 1 atom stereocenters. The Morgan fingerprint density at radius 3 is 2.88 bits per heavy atom. The van der Waals surface area contributed by atoms with Gasteiger partial charge < -0.3 is 25.0 Å². The van der Waals surface area contributed by atoms with E-state index in [0.29, 0.717) is 24.0 Å². The second-order valence-electron chi connectivity index (χ2n) is 5.86. The van der Waals surface area contributed by atoms with Crippen LogP contribution in [0.1, 0.15) is 12.8 Å². The molecule has 138 valence electrons. The molecule has 1 fully saturated rings. The molecule has 0 radical (unpaired) electrons. The van der Waals surface area contributed by atoms with Gasteiger partial charge in [-0.3, -0.25) is 4.98 Å². The topological polar surface area (TPSA) is 102 Å². The van der Waals surface area contributed by atoms with Crippen LogP contribution in [-0.2, 0) is 0 Å². The molecule has 0 bridgehead atoms. The van der Waals surface area contributed by atoms with E-state index in [-0.39, 0.29) is 12.1 Å². The zero-order valence-electron chi connectivity index (χ0n) is 14.8. The molecular formula is C17H22N6O3. The van der Waals surface area contributed by atoms with Crippen molar-refractivity contribution >= 4 is 17.5 Å². The summed E-state index contributed by atoms with van der Waals surface area (Å²) in [5.41, 5.74) is 0.479. The first-order chi connectivity index (χ1) is 12.7. The van der Waals surface area contributed by atoms with Crippen molar-refractivity contribution in [1.82, 2.24) is 20.3 Å². The van der Waals surface area contributed by atoms with Gasteiger partial charge in [0.25, 0.3) is 0 Å². The fraction of sp³-hybridized carbons (Fsp3) is 0.412. The van der Waals surface area contributed by atoms with Gasteiger partial charge in [0, 0.05) is 37.6 Å². The van der Waals surface area contributed by atoms with E-state index in [1.165, 1.54) is 14.2 Å². The Kier molecular flexibility index (Phi) is 5.67. The average Bonchev–Trinajstić information content (AvgIpc) is 2.69. The van der Waals surface area contributed by atoms with Crippen molar-refractivity contribution in [2.75, 3.05) is 37.5 Å². The van der Waals surface area contributed by atoms with Gasteiger partial charge >= 0.3 is 6.03 Å². The fourth-order valence-corrected chi connectivity index (χ4v) is 2.89. The smallest absolute Gasteiger partial charge is 0.319 e. The molecule has 2 aromatic heterocycles. The Balaban J connectivity index is 1.59. The number of rotatable bonds is 5. The van der Waals surface area contributed by atoms with E-state index in [9.17, 15) is 4.79 Å². The molecular weight excluding hydrogens is 336 g/mol. The lowest BCUT2D eigenvalue weighted by Gasteiger charge is -2.33. The van der Waals surface area contributed by atoms with Gasteiger partial charge in [0.2, 0.25) is 11.8 Å². The minimum atomic E-state index is -0.304. The minimum Gasteiger partial charge on any atom is -0.481 e. The zero-order valence-corrected chi connectivity index (χ0v) is 14.8. The first-order valence-electron chi connectivity index (χ1n) is 8.37. The molecule has 0 spiro atoms. The number of carbonyl (C=O) groups excluding carboxylic acids is 1. The first-order valence-corrected chi connectivity index (χ1v) is 8.37. The lowest BCUT2D eigenvalue weighted by molar-refractivity contribution is 0.246. The van der Waals surface area contributed by atoms with Crippen molar-refractivity contribution in [3.63, 3.8) is 0 Å². The van der Waals surface area contributed by atoms with Gasteiger partial charge in [-0.1, -0.05) is 0 Å². The molecule has 26 heavy (non-hydrogen) atoms. The van der Waals surface area contributed by atoms with Gasteiger partial charge in [-0.05, 0) is 18.9 Å². The van der Waals surface area contributed by atoms with E-state index in [4.69, 9.17) is 9.47 Å². The molecule has 0 aliphatic carbocycles. The van der Waals surface area contributed by atoms with Crippen molar-refractivity contribution in [1.29, 1.82) is 0 Å². The number of nitrogens with zero attached hydrogens (tertiary/aromatic N) is 4. The molecule has 1 saturated heterocycles. The third kappa shape index (κ3) is 4.29. The largest absolute Gasteiger partial charge is 0.481 e. The van der Waals surface area contributed by atoms with Crippen LogP contribution in [0.2, 0.25) is 0 Å². The second kappa shape index (κ2) is 8.32. The van der Waals surface area contributed by atoms with E-state index in [2.05, 4.69) is 30.5 Å². The van der Waals surface area contributed by atoms with Crippen LogP contribution in [0.15, 0.2) is 30.7 Å². The molecule has 1 aliphatic heterocycles. The number of carbonyl (C=O) groups is 1. The summed E-state index contributed by atoms with van der Waals surface area (Å²) in [6, 6.07) is 3.06. The van der Waals surface area contributed by atoms with Crippen molar-refractivity contribution < 1.29 is 14.3 Å². The summed E-state index contributed by atoms with van der Waals surface area (Å²) in [5.74, 6) is 1.53. The number of hydrogen-bond acceptors (Lipinski definition) is 7. The summed E-state index contributed by atoms with van der Waals surface area (Å²) >= 11 is 0. The van der Waals surface area contributed by atoms with E-state index in [0.717, 1.165) is 25.2 Å². The molecule has 2 amide bonds. The molecule has 9 heteroatoms. The molecule has 9 nitrogen and oxygen atoms in total. The van der Waals surface area contributed by atoms with E-state index >= 15 is 0 Å². The van der Waals surface area contributed by atoms with Crippen LogP contribution in [0.25, 0.3) is 0 Å². The summed E-state index contributed by atoms with van der Waals surface area (Å²) in [6.45, 7) is 1.58. The molecule has 3 rings (SSSR count). The highest BCUT2D eigenvalue weighted by atomic mass is 16.5. The summed E-state index contributed by atoms with van der Waals surface area (Å²) in [5, 5.41) is 5.77. The summed E-state index contributed by atoms with van der Waals surface area (Å²) in [6.07, 6.45) is 6.92. The van der Waals surface area contributed by atoms with Gasteiger partial charge in [0.15, 0.2) is 0 Å². The number of anilines is 2. The molecule has 0 unspecified atom stereocenters. The number of urea groups is 1. The maximum Gasteiger partial charge on any atom is 0.319 e. The van der Waals surface area contributed by atoms with Gasteiger partial charge in [0.05, 0.1) is 20.4 Å². The van der Waals surface area contributed by atoms with Crippen LogP contribution in [0.4, 0.5) is 16.3 Å². The number of piperidine rings is 1. The number of methoxy groups -OCH3 is 2. The predicted octanol–water partition coefficient (Wildman–Crippen LogP) is 1.68. The Bertz CT molecular complexity index is 743. The fourth-order valence-electron chi connectivity index (χ4n) is 2.89. The van der Waals surface area contributed by atoms with E-state index in [1.54, 1.807) is 30.7 Å². The Morgan fingerprint density at radius 1 is 1.27 bits per heavy atom. The highest BCUT2D eigenvalue weighted by Gasteiger charge is 2.23. The maximum absolute atomic E-state index is 12.4. The van der Waals surface area contributed by atoms with Gasteiger partial charge in [-0.25, -0.2) is 9.78 Å². The lowest BCUT2D eigenvalue weighted by Crippen LogP contribution is -2.49. The first kappa shape index (κ1) is 17.7. The third-order valence-corrected chi connectivity index (χ3v) is 4.12. The predicted molar refractivity (Wildman–Crippen MR) is 96.8 cm³/mol. The number of nitrogens with one attached hydrogen (secondary N) is 2. The molecule has 3 heterocycles. The van der Waals surface area contributed by atoms with Crippen LogP contribution in [0.5, 0.6) is 11.8 Å². The summed E-state index contributed by atoms with van der Waals surface area (Å²) in [4.78, 5) is 27.1. The van der Waals surface area contributed by atoms with Gasteiger partial charge in [0.1, 0.15) is 11.5 Å². The molecule has 0 saturated carbocycles. The van der Waals surface area contributed by atoms with Crippen LogP contribution in [0.3, 0.4) is 0 Å². The number of ether oxygens (including phenoxy) is 2. The molecule has 0 aromatic carbocycles. The van der Waals surface area contributed by atoms with Crippen LogP contribution < -0.4 is 25.0 Å². The molecule has 2 N–H and O–H groups in total. The third-order valence-electron chi connectivity index (χ3n) is 4.12. The number of aromatic nitrogens is 3. The van der Waals surface area contributed by atoms with E-state index < -0.39 is 0 Å². The number of hydrogen-bond donors (Lipinski definition) is 2. The van der Waals surface area contributed by atoms with Crippen molar-refractivity contribution in [2.24, 2.45) is 0 Å². The van der Waals surface area contributed by atoms with Crippen molar-refractivity contribution in [3.8, 4) is 11.8 Å². The van der Waals surface area contributed by atoms with Crippen LogP contribution >= 0.6 is 0 Å². The number of amides is 2. The average molecular weight is 358 g/mol. The zero-order chi connectivity index (χ0) is 18.4. The normalized spacial score (nSPS) is 16.7. The Labute approximate surface area is 151 Å². The quantitative estimate of drug-likeness (QED) is 0.838. The Hall–Kier alpha value is -3.10. The summed E-state index contributed by atoms with van der Waals surface area (Å²) in [7, 11) is 3.01. The standard InChI is InChI=1S/C17H22N6O3/c1-25-15-6-5-13(16(22-15)26-2)21-17(24)20-12-4-3-9-23(11-12)14-10-18-7-8-19-14/h5-8,10,12H,3-4,9,11H2,1-2H3,(H2,20,21,24)/t12-/m0/s1. The number of pyridine rings is 1. The second-order valence-corrected chi connectivity index (χ2v) is 5.86. The van der Waals surface area contributed by atoms with Gasteiger partial charge in [-0.2, -0.15) is 4.98 Å². The van der Waals surface area contributed by atoms with Crippen LogP contribution in [0, 0.1) is 0 Å². The monoisotopic (exact) mass is 358 g/mol. The maximum atomic E-state index is 12.4. The SMILES string of the molecule is COc1ccc(NC(=O)N[C@H]2CCCN(c3cnccn3)C2)c(OC)n1. The highest BCUT2D eigenvalue weighted by molar-refractivity contribution is 5.90. The minimum absolute atomic E-state index is 0.0166. The molecule has 1 aliphatic rings. The van der Waals surface area contributed by atoms with Gasteiger partial charge in [-0.15, -0.1) is 0 Å². The Morgan fingerprint density at radius 2 is 2.15 bits per heavy atom. The van der Waals surface area contributed by atoms with Crippen molar-refractivity contribution in [2.45, 2.75) is 18.9 Å². The lowest BCUT2D eigenvalue weighted by atomic mass is 10.1. The van der Waals surface area contributed by atoms with Crippen LogP contribution in [-0.4, -0.2) is 54.3 Å². The van der Waals surface area contributed by atoms with E-state index in [1.807, 2.05) is 0 Å².